The van der Waals surface area contributed by atoms with Crippen molar-refractivity contribution in [3.8, 4) is 0 Å². The maximum atomic E-state index is 0. The zero-order valence-electron chi connectivity index (χ0n) is 2.83. The maximum absolute atomic E-state index is 0. The van der Waals surface area contributed by atoms with Crippen LogP contribution in [-0.2, 0) is 0 Å². The van der Waals surface area contributed by atoms with Crippen LogP contribution in [0.15, 0.2) is 0 Å². The Morgan fingerprint density at radius 3 is 0.833 bits per heavy atom. The average Bonchev–Trinajstić information content (AvgIpc) is 0. The third-order valence-corrected chi connectivity index (χ3v) is 0. The van der Waals surface area contributed by atoms with E-state index in [1.54, 1.807) is 0 Å². The van der Waals surface area contributed by atoms with Crippen molar-refractivity contribution >= 4 is 8.41 Å². The molecule has 0 aliphatic carbocycles. The van der Waals surface area contributed by atoms with Crippen molar-refractivity contribution in [3.63, 3.8) is 0 Å². The van der Waals surface area contributed by atoms with Crippen LogP contribution in [-0.4, -0.2) is 8.41 Å². The molecule has 40 valence electrons. The zero-order chi connectivity index (χ0) is 0. The third kappa shape index (κ3) is 3590. The van der Waals surface area contributed by atoms with Crippen LogP contribution in [0.5, 0.6) is 0 Å². The molecule has 0 atom stereocenters. The van der Waals surface area contributed by atoms with Crippen LogP contribution in [0.3, 0.4) is 0 Å². The van der Waals surface area contributed by atoms with Gasteiger partial charge in [0.2, 0.25) is 0 Å². The average molecular weight is 121 g/mol. The first-order chi connectivity index (χ1) is 0. The van der Waals surface area contributed by atoms with Crippen molar-refractivity contribution in [1.82, 2.24) is 6.15 Å². The molecule has 0 unspecified atom stereocenters. The predicted octanol–water partition coefficient (Wildman–Crippen LogP) is -9.05. The summed E-state index contributed by atoms with van der Waals surface area (Å²) >= 11 is 0. The van der Waals surface area contributed by atoms with Crippen LogP contribution in [0.1, 0.15) is 0 Å². The second-order valence-electron chi connectivity index (χ2n) is 0. The third-order valence-electron chi connectivity index (χ3n) is 0. The van der Waals surface area contributed by atoms with E-state index in [-0.39, 0.29) is 41.1 Å². The Labute approximate surface area is 42.2 Å². The molecule has 6 heteroatoms. The summed E-state index contributed by atoms with van der Waals surface area (Å²) in [4.78, 5) is 0. The standard InChI is InChI=1S/B.ClH.3FH.H3N/h;4*1H;1H3/q+3;;;;;/p-3. The van der Waals surface area contributed by atoms with E-state index in [9.17, 15) is 0 Å². The Balaban J connectivity index is 0. The number of halogens is 4. The molecule has 0 aliphatic heterocycles. The van der Waals surface area contributed by atoms with Gasteiger partial charge in [0.1, 0.15) is 0 Å². The van der Waals surface area contributed by atoms with E-state index in [1.165, 1.54) is 0 Å². The fourth-order valence-corrected chi connectivity index (χ4v) is 0. The number of hydrogen-bond acceptors (Lipinski definition) is 1. The van der Waals surface area contributed by atoms with Crippen LogP contribution in [0.25, 0.3) is 0 Å². The molecule has 0 saturated heterocycles. The van der Waals surface area contributed by atoms with Crippen molar-refractivity contribution in [2.75, 3.05) is 0 Å². The summed E-state index contributed by atoms with van der Waals surface area (Å²) in [6.45, 7) is 0. The smallest absolute Gasteiger partial charge is 1.00 e. The predicted molar refractivity (Wildman–Crippen MR) is 13.3 cm³/mol. The molecule has 0 fully saturated rings. The summed E-state index contributed by atoms with van der Waals surface area (Å²) in [5.74, 6) is 0. The summed E-state index contributed by atoms with van der Waals surface area (Å²) in [7, 11) is 0. The molecule has 0 spiro atoms. The van der Waals surface area contributed by atoms with E-state index in [4.69, 9.17) is 0 Å². The summed E-state index contributed by atoms with van der Waals surface area (Å²) in [6.07, 6.45) is 0. The van der Waals surface area contributed by atoms with Gasteiger partial charge in [0, 0.05) is 0 Å². The zero-order valence-corrected chi connectivity index (χ0v) is 3.58. The van der Waals surface area contributed by atoms with E-state index >= 15 is 0 Å². The first-order valence-electron chi connectivity index (χ1n) is 0. The van der Waals surface area contributed by atoms with Crippen molar-refractivity contribution in [1.29, 1.82) is 0 Å². The Morgan fingerprint density at radius 1 is 0.833 bits per heavy atom. The monoisotopic (exact) mass is 121 g/mol. The Morgan fingerprint density at radius 2 is 0.833 bits per heavy atom. The van der Waals surface area contributed by atoms with E-state index in [0.29, 0.717) is 0 Å². The molecule has 1 nitrogen and oxygen atoms in total. The minimum atomic E-state index is 0. The van der Waals surface area contributed by atoms with Crippen molar-refractivity contribution in [2.45, 2.75) is 0 Å². The van der Waals surface area contributed by atoms with Gasteiger partial charge in [-0.1, -0.05) is 0 Å². The molecule has 0 amide bonds. The second-order valence-corrected chi connectivity index (χ2v) is 0. The van der Waals surface area contributed by atoms with Crippen LogP contribution in [0.2, 0.25) is 0 Å². The minimum absolute atomic E-state index is 0. The molecular formula is H4BClF3N. The SMILES string of the molecule is F.N.[B+3].[Cl-].[F-].[F-]. The number of rotatable bonds is 0. The fourth-order valence-electron chi connectivity index (χ4n) is 0. The molecule has 3 N–H and O–H groups in total. The summed E-state index contributed by atoms with van der Waals surface area (Å²) in [5, 5.41) is 0. The first kappa shape index (κ1) is 14400. The van der Waals surface area contributed by atoms with Crippen LogP contribution >= 0.6 is 0 Å². The normalized spacial score (nSPS) is 0. The molecule has 0 aromatic rings. The van der Waals surface area contributed by atoms with Gasteiger partial charge in [-0.3, -0.25) is 4.70 Å². The first-order valence-corrected chi connectivity index (χ1v) is 0. The molecule has 0 aliphatic rings. The van der Waals surface area contributed by atoms with Crippen LogP contribution in [0, 0.1) is 0 Å². The van der Waals surface area contributed by atoms with E-state index in [2.05, 4.69) is 0 Å². The van der Waals surface area contributed by atoms with Gasteiger partial charge in [0.05, 0.1) is 0 Å². The van der Waals surface area contributed by atoms with E-state index in [0.717, 1.165) is 0 Å². The molecule has 0 bridgehead atoms. The summed E-state index contributed by atoms with van der Waals surface area (Å²) < 4.78 is 0. The Hall–Kier alpha value is 0.105. The van der Waals surface area contributed by atoms with Gasteiger partial charge in [-0.2, -0.15) is 0 Å². The van der Waals surface area contributed by atoms with Gasteiger partial charge in [0.15, 0.2) is 0 Å². The number of hydrogen-bond donors (Lipinski definition) is 1. The molecular weight excluding hydrogens is 117 g/mol. The van der Waals surface area contributed by atoms with Crippen LogP contribution in [0.4, 0.5) is 4.70 Å². The molecule has 0 aromatic heterocycles. The van der Waals surface area contributed by atoms with Crippen LogP contribution < -0.4 is 28.0 Å². The van der Waals surface area contributed by atoms with E-state index < -0.39 is 0 Å². The molecule has 0 heterocycles. The van der Waals surface area contributed by atoms with Gasteiger partial charge in [-0.25, -0.2) is 0 Å². The van der Waals surface area contributed by atoms with Gasteiger partial charge < -0.3 is 28.0 Å². The molecule has 0 saturated carbocycles. The largest absolute Gasteiger partial charge is 3.00 e. The fraction of sp³-hybridized carbons (Fsp3) is 0. The quantitative estimate of drug-likeness (QED) is 0.317. The van der Waals surface area contributed by atoms with Crippen molar-refractivity contribution < 1.29 is 26.5 Å². The van der Waals surface area contributed by atoms with E-state index in [1.807, 2.05) is 0 Å². The molecule has 6 heavy (non-hydrogen) atoms. The van der Waals surface area contributed by atoms with Crippen molar-refractivity contribution in [2.24, 2.45) is 0 Å². The second kappa shape index (κ2) is 7810. The van der Waals surface area contributed by atoms with Crippen molar-refractivity contribution in [3.05, 3.63) is 0 Å². The minimum Gasteiger partial charge on any atom is -1.00 e. The Bertz CT molecular complexity index is 10.8. The maximum Gasteiger partial charge on any atom is 3.00 e. The summed E-state index contributed by atoms with van der Waals surface area (Å²) in [6, 6.07) is 0. The topological polar surface area (TPSA) is 35.0 Å². The Kier molecular flexibility index (Phi) is 18800000. The summed E-state index contributed by atoms with van der Waals surface area (Å²) in [5.41, 5.74) is 0. The molecule has 0 rings (SSSR count). The van der Waals surface area contributed by atoms with Gasteiger partial charge in [-0.05, 0) is 0 Å². The van der Waals surface area contributed by atoms with Gasteiger partial charge in [0.25, 0.3) is 0 Å². The van der Waals surface area contributed by atoms with Gasteiger partial charge >= 0.3 is 8.41 Å². The van der Waals surface area contributed by atoms with Gasteiger partial charge in [-0.15, -0.1) is 0 Å². The molecule has 0 aromatic carbocycles. The molecule has 0 radical (unpaired) electrons.